The zero-order chi connectivity index (χ0) is 17.7. The van der Waals surface area contributed by atoms with Gasteiger partial charge in [-0.3, -0.25) is 9.59 Å². The van der Waals surface area contributed by atoms with E-state index in [4.69, 9.17) is 19.9 Å². The fraction of sp³-hybridized carbons (Fsp3) is 0.500. The zero-order valence-corrected chi connectivity index (χ0v) is 13.7. The van der Waals surface area contributed by atoms with Crippen molar-refractivity contribution in [1.29, 1.82) is 0 Å². The molecule has 8 heteroatoms. The smallest absolute Gasteiger partial charge is 0.254 e. The van der Waals surface area contributed by atoms with E-state index in [1.807, 2.05) is 0 Å². The summed E-state index contributed by atoms with van der Waals surface area (Å²) in [5, 5.41) is 0. The van der Waals surface area contributed by atoms with E-state index in [0.717, 1.165) is 6.07 Å². The predicted molar refractivity (Wildman–Crippen MR) is 83.2 cm³/mol. The number of carbonyl (C=O) groups is 2. The lowest BCUT2D eigenvalue weighted by molar-refractivity contribution is -0.148. The van der Waals surface area contributed by atoms with Gasteiger partial charge in [0.05, 0.1) is 33.3 Å². The van der Waals surface area contributed by atoms with E-state index < -0.39 is 17.3 Å². The third kappa shape index (κ3) is 4.01. The first-order valence-corrected chi connectivity index (χ1v) is 7.45. The highest BCUT2D eigenvalue weighted by Gasteiger charge is 2.40. The second kappa shape index (κ2) is 7.59. The highest BCUT2D eigenvalue weighted by atomic mass is 19.1. The van der Waals surface area contributed by atoms with Crippen molar-refractivity contribution in [2.45, 2.75) is 12.0 Å². The molecule has 24 heavy (non-hydrogen) atoms. The van der Waals surface area contributed by atoms with Crippen LogP contribution >= 0.6 is 0 Å². The Morgan fingerprint density at radius 1 is 1.42 bits per heavy atom. The molecule has 2 amide bonds. The largest absolute Gasteiger partial charge is 0.494 e. The van der Waals surface area contributed by atoms with Gasteiger partial charge in [0.1, 0.15) is 5.60 Å². The van der Waals surface area contributed by atoms with Gasteiger partial charge in [0.15, 0.2) is 11.6 Å². The van der Waals surface area contributed by atoms with Crippen molar-refractivity contribution < 1.29 is 28.2 Å². The highest BCUT2D eigenvalue weighted by Crippen LogP contribution is 2.25. The number of nitrogens with zero attached hydrogens (tertiary/aromatic N) is 1. The first-order chi connectivity index (χ1) is 11.4. The molecule has 1 aromatic carbocycles. The van der Waals surface area contributed by atoms with Crippen molar-refractivity contribution in [2.75, 3.05) is 40.5 Å². The summed E-state index contributed by atoms with van der Waals surface area (Å²) in [5.41, 5.74) is 4.49. The number of rotatable bonds is 6. The third-order valence-corrected chi connectivity index (χ3v) is 3.84. The number of halogens is 1. The predicted octanol–water partition coefficient (Wildman–Crippen LogP) is 0.567. The van der Waals surface area contributed by atoms with Gasteiger partial charge in [0, 0.05) is 19.2 Å². The van der Waals surface area contributed by atoms with Crippen LogP contribution < -0.4 is 10.5 Å². The summed E-state index contributed by atoms with van der Waals surface area (Å²) in [6.45, 7) is 0.824. The monoisotopic (exact) mass is 340 g/mol. The van der Waals surface area contributed by atoms with Crippen LogP contribution in [0.25, 0.3) is 0 Å². The Balaban J connectivity index is 2.19. The standard InChI is InChI=1S/C16H21FN2O5/c1-22-10-16(8-14(18)20)9-19(5-6-24-16)15(21)11-3-4-13(23-2)12(17)7-11/h3-4,7H,5-6,8-10H2,1-2H3,(H2,18,20)/t16-/m0/s1. The lowest BCUT2D eigenvalue weighted by atomic mass is 9.97. The van der Waals surface area contributed by atoms with Crippen LogP contribution in [0.3, 0.4) is 0 Å². The third-order valence-electron chi connectivity index (χ3n) is 3.84. The number of nitrogens with two attached hydrogens (primary N) is 1. The van der Waals surface area contributed by atoms with Gasteiger partial charge in [-0.05, 0) is 18.2 Å². The summed E-state index contributed by atoms with van der Waals surface area (Å²) >= 11 is 0. The van der Waals surface area contributed by atoms with Crippen molar-refractivity contribution in [3.05, 3.63) is 29.6 Å². The number of morpholine rings is 1. The van der Waals surface area contributed by atoms with Gasteiger partial charge < -0.3 is 24.8 Å². The first kappa shape index (κ1) is 18.2. The molecule has 0 spiro atoms. The Morgan fingerprint density at radius 2 is 2.17 bits per heavy atom. The molecule has 1 aliphatic heterocycles. The fourth-order valence-electron chi connectivity index (χ4n) is 2.83. The topological polar surface area (TPSA) is 91.1 Å². The number of methoxy groups -OCH3 is 2. The second-order valence-corrected chi connectivity index (χ2v) is 5.68. The van der Waals surface area contributed by atoms with E-state index in [0.29, 0.717) is 6.54 Å². The molecule has 132 valence electrons. The molecule has 1 aromatic rings. The molecule has 0 unspecified atom stereocenters. The minimum atomic E-state index is -0.987. The van der Waals surface area contributed by atoms with Crippen molar-refractivity contribution >= 4 is 11.8 Å². The van der Waals surface area contributed by atoms with E-state index in [-0.39, 0.29) is 43.4 Å². The Morgan fingerprint density at radius 3 is 2.75 bits per heavy atom. The molecule has 0 aromatic heterocycles. The van der Waals surface area contributed by atoms with E-state index in [1.165, 1.54) is 31.3 Å². The minimum absolute atomic E-state index is 0.0657. The molecule has 1 aliphatic rings. The van der Waals surface area contributed by atoms with Crippen molar-refractivity contribution in [2.24, 2.45) is 5.73 Å². The molecule has 1 atom stereocenters. The van der Waals surface area contributed by atoms with Gasteiger partial charge in [-0.15, -0.1) is 0 Å². The van der Waals surface area contributed by atoms with Crippen LogP contribution in [0.2, 0.25) is 0 Å². The second-order valence-electron chi connectivity index (χ2n) is 5.68. The number of hydrogen-bond donors (Lipinski definition) is 1. The van der Waals surface area contributed by atoms with Gasteiger partial charge in [0.2, 0.25) is 5.91 Å². The quantitative estimate of drug-likeness (QED) is 0.817. The molecule has 0 aliphatic carbocycles. The molecule has 0 radical (unpaired) electrons. The van der Waals surface area contributed by atoms with Gasteiger partial charge in [0.25, 0.3) is 5.91 Å². The molecular formula is C16H21FN2O5. The molecule has 1 saturated heterocycles. The lowest BCUT2D eigenvalue weighted by Gasteiger charge is -2.41. The number of carbonyl (C=O) groups excluding carboxylic acids is 2. The molecule has 0 saturated carbocycles. The maximum absolute atomic E-state index is 13.8. The van der Waals surface area contributed by atoms with Crippen LogP contribution in [0.4, 0.5) is 4.39 Å². The molecule has 7 nitrogen and oxygen atoms in total. The van der Waals surface area contributed by atoms with E-state index in [2.05, 4.69) is 0 Å². The van der Waals surface area contributed by atoms with Crippen LogP contribution in [-0.2, 0) is 14.3 Å². The van der Waals surface area contributed by atoms with Crippen molar-refractivity contribution in [1.82, 2.24) is 4.90 Å². The summed E-state index contributed by atoms with van der Waals surface area (Å²) in [6.07, 6.45) is -0.0679. The number of hydrogen-bond acceptors (Lipinski definition) is 5. The fourth-order valence-corrected chi connectivity index (χ4v) is 2.83. The van der Waals surface area contributed by atoms with Crippen LogP contribution in [0.5, 0.6) is 5.75 Å². The minimum Gasteiger partial charge on any atom is -0.494 e. The highest BCUT2D eigenvalue weighted by molar-refractivity contribution is 5.94. The zero-order valence-electron chi connectivity index (χ0n) is 13.7. The Hall–Kier alpha value is -2.19. The van der Waals surface area contributed by atoms with Crippen LogP contribution in [-0.4, -0.2) is 62.8 Å². The van der Waals surface area contributed by atoms with Crippen LogP contribution in [0.1, 0.15) is 16.8 Å². The van der Waals surface area contributed by atoms with E-state index in [9.17, 15) is 14.0 Å². The van der Waals surface area contributed by atoms with Crippen LogP contribution in [0, 0.1) is 5.82 Å². The Bertz CT molecular complexity index is 620. The maximum atomic E-state index is 13.8. The van der Waals surface area contributed by atoms with E-state index in [1.54, 1.807) is 0 Å². The summed E-state index contributed by atoms with van der Waals surface area (Å²) in [5.74, 6) is -1.45. The first-order valence-electron chi connectivity index (χ1n) is 7.45. The number of amides is 2. The summed E-state index contributed by atoms with van der Waals surface area (Å²) in [4.78, 5) is 25.5. The molecular weight excluding hydrogens is 319 g/mol. The summed E-state index contributed by atoms with van der Waals surface area (Å²) < 4.78 is 29.5. The number of ether oxygens (including phenoxy) is 3. The molecule has 0 bridgehead atoms. The summed E-state index contributed by atoms with van der Waals surface area (Å²) in [6, 6.07) is 4.02. The van der Waals surface area contributed by atoms with Crippen molar-refractivity contribution in [3.63, 3.8) is 0 Å². The Labute approximate surface area is 139 Å². The lowest BCUT2D eigenvalue weighted by Crippen LogP contribution is -2.57. The molecule has 2 N–H and O–H groups in total. The molecule has 2 rings (SSSR count). The van der Waals surface area contributed by atoms with Gasteiger partial charge in [-0.2, -0.15) is 0 Å². The normalized spacial score (nSPS) is 20.7. The van der Waals surface area contributed by atoms with Gasteiger partial charge in [-0.25, -0.2) is 4.39 Å². The van der Waals surface area contributed by atoms with Gasteiger partial charge in [-0.1, -0.05) is 0 Å². The average Bonchev–Trinajstić information content (AvgIpc) is 2.53. The summed E-state index contributed by atoms with van der Waals surface area (Å²) in [7, 11) is 2.83. The average molecular weight is 340 g/mol. The Kier molecular flexibility index (Phi) is 5.74. The molecule has 1 heterocycles. The van der Waals surface area contributed by atoms with Crippen LogP contribution in [0.15, 0.2) is 18.2 Å². The number of benzene rings is 1. The van der Waals surface area contributed by atoms with Crippen molar-refractivity contribution in [3.8, 4) is 5.75 Å². The SMILES string of the molecule is COC[C@]1(CC(N)=O)CN(C(=O)c2ccc(OC)c(F)c2)CCO1. The maximum Gasteiger partial charge on any atom is 0.254 e. The van der Waals surface area contributed by atoms with Gasteiger partial charge >= 0.3 is 0 Å². The number of primary amides is 1. The molecule has 1 fully saturated rings. The van der Waals surface area contributed by atoms with E-state index >= 15 is 0 Å².